The number of fused-ring (bicyclic) bond motifs is 3. The highest BCUT2D eigenvalue weighted by atomic mass is 16.5. The number of aliphatic carboxylic acids is 1. The van der Waals surface area contributed by atoms with Gasteiger partial charge in [-0.1, -0.05) is 68.3 Å². The average Bonchev–Trinajstić information content (AvgIpc) is 3.43. The van der Waals surface area contributed by atoms with Gasteiger partial charge in [0.1, 0.15) is 6.61 Å². The summed E-state index contributed by atoms with van der Waals surface area (Å²) in [5.74, 6) is -1.18. The second kappa shape index (κ2) is 10.3. The highest BCUT2D eigenvalue weighted by Gasteiger charge is 2.41. The summed E-state index contributed by atoms with van der Waals surface area (Å²) in [4.78, 5) is 36.4. The third-order valence-corrected chi connectivity index (χ3v) is 7.09. The molecule has 1 atom stereocenters. The van der Waals surface area contributed by atoms with Gasteiger partial charge in [-0.25, -0.2) is 4.79 Å². The Morgan fingerprint density at radius 2 is 1.59 bits per heavy atom. The molecule has 2 aliphatic carbocycles. The molecule has 0 bridgehead atoms. The zero-order valence-corrected chi connectivity index (χ0v) is 19.5. The molecule has 4 rings (SSSR count). The molecule has 2 aromatic rings. The Labute approximate surface area is 199 Å². The minimum absolute atomic E-state index is 0.00524. The standard InChI is InChI=1S/C27H32N2O5/c1-18(14-24(30)31)15-28-25(32)27(12-6-7-13-27)17-29-26(33)34-16-23-21-10-4-2-8-19(21)20-9-3-5-11-22(20)23/h2-5,8-11,18,23H,6-7,12-17H2,1H3,(H,28,32)(H,29,33)(H,30,31). The molecule has 2 aromatic carbocycles. The maximum atomic E-state index is 13.0. The van der Waals surface area contributed by atoms with E-state index in [1.807, 2.05) is 24.3 Å². The predicted octanol–water partition coefficient (Wildman–Crippen LogP) is 4.31. The van der Waals surface area contributed by atoms with Crippen LogP contribution in [0.2, 0.25) is 0 Å². The van der Waals surface area contributed by atoms with Crippen LogP contribution in [0, 0.1) is 11.3 Å². The van der Waals surface area contributed by atoms with Crippen LogP contribution >= 0.6 is 0 Å². The fraction of sp³-hybridized carbons (Fsp3) is 0.444. The van der Waals surface area contributed by atoms with E-state index in [4.69, 9.17) is 9.84 Å². The molecule has 0 heterocycles. The van der Waals surface area contributed by atoms with Crippen LogP contribution in [0.15, 0.2) is 48.5 Å². The molecule has 2 amide bonds. The number of ether oxygens (including phenoxy) is 1. The van der Waals surface area contributed by atoms with Gasteiger partial charge >= 0.3 is 12.1 Å². The van der Waals surface area contributed by atoms with Crippen molar-refractivity contribution in [2.24, 2.45) is 11.3 Å². The van der Waals surface area contributed by atoms with Crippen molar-refractivity contribution in [2.75, 3.05) is 19.7 Å². The van der Waals surface area contributed by atoms with Crippen molar-refractivity contribution >= 4 is 18.0 Å². The molecular weight excluding hydrogens is 432 g/mol. The van der Waals surface area contributed by atoms with Crippen LogP contribution in [-0.4, -0.2) is 42.8 Å². The van der Waals surface area contributed by atoms with Gasteiger partial charge in [0.05, 0.1) is 5.41 Å². The van der Waals surface area contributed by atoms with E-state index < -0.39 is 17.5 Å². The second-order valence-corrected chi connectivity index (χ2v) is 9.58. The lowest BCUT2D eigenvalue weighted by Crippen LogP contribution is -2.48. The first-order valence-electron chi connectivity index (χ1n) is 12.0. The summed E-state index contributed by atoms with van der Waals surface area (Å²) in [5, 5.41) is 14.6. The first-order valence-corrected chi connectivity index (χ1v) is 12.0. The molecule has 2 aliphatic rings. The number of alkyl carbamates (subject to hydrolysis) is 1. The van der Waals surface area contributed by atoms with E-state index in [2.05, 4.69) is 34.9 Å². The van der Waals surface area contributed by atoms with Crippen LogP contribution in [-0.2, 0) is 14.3 Å². The molecule has 7 nitrogen and oxygen atoms in total. The van der Waals surface area contributed by atoms with Crippen LogP contribution in [0.1, 0.15) is 56.1 Å². The Kier molecular flexibility index (Phi) is 7.20. The van der Waals surface area contributed by atoms with Gasteiger partial charge < -0.3 is 20.5 Å². The summed E-state index contributed by atoms with van der Waals surface area (Å²) in [6.45, 7) is 2.54. The van der Waals surface area contributed by atoms with Gasteiger partial charge in [0.25, 0.3) is 0 Å². The van der Waals surface area contributed by atoms with E-state index in [0.29, 0.717) is 19.4 Å². The van der Waals surface area contributed by atoms with Crippen LogP contribution < -0.4 is 10.6 Å². The monoisotopic (exact) mass is 464 g/mol. The van der Waals surface area contributed by atoms with Crippen molar-refractivity contribution < 1.29 is 24.2 Å². The molecule has 0 radical (unpaired) electrons. The summed E-state index contributed by atoms with van der Waals surface area (Å²) in [7, 11) is 0. The third-order valence-electron chi connectivity index (χ3n) is 7.09. The zero-order chi connectivity index (χ0) is 24.1. The van der Waals surface area contributed by atoms with Gasteiger partial charge in [-0.3, -0.25) is 9.59 Å². The lowest BCUT2D eigenvalue weighted by molar-refractivity contribution is -0.138. The maximum absolute atomic E-state index is 13.0. The van der Waals surface area contributed by atoms with Crippen LogP contribution in [0.25, 0.3) is 11.1 Å². The number of carboxylic acids is 1. The molecule has 1 unspecified atom stereocenters. The lowest BCUT2D eigenvalue weighted by atomic mass is 9.84. The van der Waals surface area contributed by atoms with Crippen molar-refractivity contribution in [3.05, 3.63) is 59.7 Å². The number of carbonyl (C=O) groups excluding carboxylic acids is 2. The van der Waals surface area contributed by atoms with Crippen LogP contribution in [0.5, 0.6) is 0 Å². The number of amides is 2. The number of nitrogens with one attached hydrogen (secondary N) is 2. The van der Waals surface area contributed by atoms with Gasteiger partial charge in [-0.2, -0.15) is 0 Å². The van der Waals surface area contributed by atoms with E-state index in [0.717, 1.165) is 24.0 Å². The molecule has 3 N–H and O–H groups in total. The van der Waals surface area contributed by atoms with E-state index in [1.54, 1.807) is 6.92 Å². The normalized spacial score (nSPS) is 16.9. The lowest BCUT2D eigenvalue weighted by Gasteiger charge is -2.28. The molecule has 1 saturated carbocycles. The minimum Gasteiger partial charge on any atom is -0.481 e. The van der Waals surface area contributed by atoms with Crippen molar-refractivity contribution in [1.82, 2.24) is 10.6 Å². The number of hydrogen-bond acceptors (Lipinski definition) is 4. The molecule has 180 valence electrons. The summed E-state index contributed by atoms with van der Waals surface area (Å²) < 4.78 is 5.62. The fourth-order valence-corrected chi connectivity index (χ4v) is 5.25. The van der Waals surface area contributed by atoms with Gasteiger partial charge in [0.2, 0.25) is 5.91 Å². The summed E-state index contributed by atoms with van der Waals surface area (Å²) >= 11 is 0. The Bertz CT molecular complexity index is 1010. The Hall–Kier alpha value is -3.35. The highest BCUT2D eigenvalue weighted by Crippen LogP contribution is 2.44. The van der Waals surface area contributed by atoms with Crippen LogP contribution in [0.4, 0.5) is 4.79 Å². The van der Waals surface area contributed by atoms with Gasteiger partial charge in [0.15, 0.2) is 0 Å². The second-order valence-electron chi connectivity index (χ2n) is 9.58. The number of hydrogen-bond donors (Lipinski definition) is 3. The number of rotatable bonds is 9. The van der Waals surface area contributed by atoms with Crippen molar-refractivity contribution in [3.8, 4) is 11.1 Å². The minimum atomic E-state index is -0.880. The largest absolute Gasteiger partial charge is 0.481 e. The Morgan fingerprint density at radius 3 is 2.18 bits per heavy atom. The van der Waals surface area contributed by atoms with Crippen molar-refractivity contribution in [3.63, 3.8) is 0 Å². The predicted molar refractivity (Wildman–Crippen MR) is 128 cm³/mol. The van der Waals surface area contributed by atoms with Gasteiger partial charge in [-0.05, 0) is 41.0 Å². The van der Waals surface area contributed by atoms with Crippen molar-refractivity contribution in [2.45, 2.75) is 44.9 Å². The van der Waals surface area contributed by atoms with E-state index in [9.17, 15) is 14.4 Å². The van der Waals surface area contributed by atoms with Crippen LogP contribution in [0.3, 0.4) is 0 Å². The highest BCUT2D eigenvalue weighted by molar-refractivity contribution is 5.84. The quantitative estimate of drug-likeness (QED) is 0.513. The number of carbonyl (C=O) groups is 3. The summed E-state index contributed by atoms with van der Waals surface area (Å²) in [6.07, 6.45) is 2.70. The van der Waals surface area contributed by atoms with E-state index in [1.165, 1.54) is 11.1 Å². The van der Waals surface area contributed by atoms with E-state index in [-0.39, 0.29) is 37.3 Å². The molecule has 34 heavy (non-hydrogen) atoms. The first-order chi connectivity index (χ1) is 16.4. The summed E-state index contributed by atoms with van der Waals surface area (Å²) in [5.41, 5.74) is 3.98. The topological polar surface area (TPSA) is 105 Å². The molecular formula is C27H32N2O5. The molecule has 0 aromatic heterocycles. The summed E-state index contributed by atoms with van der Waals surface area (Å²) in [6, 6.07) is 16.4. The zero-order valence-electron chi connectivity index (χ0n) is 19.5. The van der Waals surface area contributed by atoms with Gasteiger partial charge in [-0.15, -0.1) is 0 Å². The smallest absolute Gasteiger partial charge is 0.407 e. The number of carboxylic acid groups (broad SMARTS) is 1. The van der Waals surface area contributed by atoms with E-state index >= 15 is 0 Å². The van der Waals surface area contributed by atoms with Crippen molar-refractivity contribution in [1.29, 1.82) is 0 Å². The average molecular weight is 465 g/mol. The molecule has 0 aliphatic heterocycles. The Balaban J connectivity index is 1.33. The maximum Gasteiger partial charge on any atom is 0.407 e. The SMILES string of the molecule is CC(CNC(=O)C1(CNC(=O)OCC2c3ccccc3-c3ccccc32)CCCC1)CC(=O)O. The Morgan fingerprint density at radius 1 is 1.00 bits per heavy atom. The first kappa shape index (κ1) is 23.8. The third kappa shape index (κ3) is 5.08. The van der Waals surface area contributed by atoms with Gasteiger partial charge in [0, 0.05) is 25.4 Å². The molecule has 1 fully saturated rings. The number of benzene rings is 2. The molecule has 0 saturated heterocycles. The molecule has 0 spiro atoms. The molecule has 7 heteroatoms. The fourth-order valence-electron chi connectivity index (χ4n) is 5.25.